The van der Waals surface area contributed by atoms with E-state index in [0.717, 1.165) is 0 Å². The topological polar surface area (TPSA) is 140 Å². The van der Waals surface area contributed by atoms with Gasteiger partial charge in [-0.1, -0.05) is 30.3 Å². The number of benzene rings is 1. The first kappa shape index (κ1) is 29.6. The highest BCUT2D eigenvalue weighted by Crippen LogP contribution is 2.23. The van der Waals surface area contributed by atoms with Gasteiger partial charge < -0.3 is 19.5 Å². The molecule has 0 saturated heterocycles. The Morgan fingerprint density at radius 2 is 2.00 bits per heavy atom. The quantitative estimate of drug-likeness (QED) is 0.431. The van der Waals surface area contributed by atoms with Crippen molar-refractivity contribution < 1.29 is 27.8 Å². The SMILES string of the molecule is C[C@@H]1CN([C@H](C)CO)C(=O)CCCn2cc(nn2)CO[C@@H]1CN(C)S(=O)(=O)c1ccc(Oc2ccccc2)nc1. The summed E-state index contributed by atoms with van der Waals surface area (Å²) in [6.07, 6.45) is 3.33. The number of rotatable bonds is 8. The fraction of sp³-hybridized carbons (Fsp3) is 0.481. The number of carbonyl (C=O) groups is 1. The molecule has 0 saturated carbocycles. The van der Waals surface area contributed by atoms with Crippen molar-refractivity contribution in [1.82, 2.24) is 29.2 Å². The largest absolute Gasteiger partial charge is 0.439 e. The summed E-state index contributed by atoms with van der Waals surface area (Å²) >= 11 is 0. The molecule has 216 valence electrons. The maximum absolute atomic E-state index is 13.4. The van der Waals surface area contributed by atoms with Gasteiger partial charge in [0.25, 0.3) is 0 Å². The van der Waals surface area contributed by atoms with Crippen LogP contribution in [0.1, 0.15) is 32.4 Å². The van der Waals surface area contributed by atoms with Crippen LogP contribution in [0.3, 0.4) is 0 Å². The van der Waals surface area contributed by atoms with Crippen LogP contribution in [0.25, 0.3) is 0 Å². The number of hydrogen-bond acceptors (Lipinski definition) is 9. The average molecular weight is 573 g/mol. The number of para-hydroxylation sites is 1. The van der Waals surface area contributed by atoms with Crippen LogP contribution in [0.15, 0.2) is 59.8 Å². The van der Waals surface area contributed by atoms with Crippen molar-refractivity contribution in [3.63, 3.8) is 0 Å². The second kappa shape index (κ2) is 13.3. The molecule has 12 nitrogen and oxygen atoms in total. The van der Waals surface area contributed by atoms with Crippen LogP contribution in [0, 0.1) is 5.92 Å². The van der Waals surface area contributed by atoms with E-state index in [-0.39, 0.29) is 48.4 Å². The van der Waals surface area contributed by atoms with E-state index in [0.29, 0.717) is 37.4 Å². The molecule has 40 heavy (non-hydrogen) atoms. The Morgan fingerprint density at radius 1 is 1.23 bits per heavy atom. The number of aryl methyl sites for hydroxylation is 1. The molecule has 0 unspecified atom stereocenters. The van der Waals surface area contributed by atoms with Crippen LogP contribution < -0.4 is 4.74 Å². The van der Waals surface area contributed by atoms with E-state index in [2.05, 4.69) is 15.3 Å². The first-order valence-electron chi connectivity index (χ1n) is 13.2. The molecular formula is C27H36N6O6S. The number of aliphatic hydroxyl groups excluding tert-OH is 1. The molecule has 1 N–H and O–H groups in total. The van der Waals surface area contributed by atoms with Crippen molar-refractivity contribution in [3.05, 3.63) is 60.6 Å². The molecule has 2 aromatic heterocycles. The number of pyridine rings is 1. The number of fused-ring (bicyclic) bond motifs is 2. The van der Waals surface area contributed by atoms with E-state index < -0.39 is 16.1 Å². The van der Waals surface area contributed by atoms with Crippen molar-refractivity contribution in [2.45, 2.75) is 56.9 Å². The highest BCUT2D eigenvalue weighted by Gasteiger charge is 2.31. The van der Waals surface area contributed by atoms with Gasteiger partial charge in [0, 0.05) is 45.1 Å². The van der Waals surface area contributed by atoms with Crippen LogP contribution in [0.2, 0.25) is 0 Å². The molecule has 1 amide bonds. The fourth-order valence-corrected chi connectivity index (χ4v) is 5.54. The molecule has 0 aliphatic carbocycles. The molecule has 3 heterocycles. The van der Waals surface area contributed by atoms with Gasteiger partial charge in [0.05, 0.1) is 37.8 Å². The minimum absolute atomic E-state index is 0.0151. The maximum atomic E-state index is 13.4. The molecule has 4 rings (SSSR count). The lowest BCUT2D eigenvalue weighted by Gasteiger charge is -2.35. The number of amides is 1. The first-order valence-corrected chi connectivity index (χ1v) is 14.7. The summed E-state index contributed by atoms with van der Waals surface area (Å²) in [4.78, 5) is 18.9. The number of aliphatic hydroxyl groups is 1. The van der Waals surface area contributed by atoms with Gasteiger partial charge >= 0.3 is 0 Å². The third kappa shape index (κ3) is 7.42. The standard InChI is InChI=1S/C27H36N6O6S/c1-20-15-33(21(2)18-34)27(35)10-7-13-32-16-22(29-30-32)19-38-25(20)17-31(3)40(36,37)24-11-12-26(28-14-24)39-23-8-5-4-6-9-23/h4-6,8-9,11-12,14,16,20-21,25,34H,7,10,13,15,17-19H2,1-3H3/t20-,21-,25-/m1/s1. The summed E-state index contributed by atoms with van der Waals surface area (Å²) in [5, 5.41) is 18.0. The predicted octanol–water partition coefficient (Wildman–Crippen LogP) is 2.31. The van der Waals surface area contributed by atoms with Crippen molar-refractivity contribution in [2.75, 3.05) is 26.7 Å². The van der Waals surface area contributed by atoms with Crippen LogP contribution in [-0.2, 0) is 32.7 Å². The number of ether oxygens (including phenoxy) is 2. The average Bonchev–Trinajstić information content (AvgIpc) is 3.41. The Labute approximate surface area is 234 Å². The third-order valence-corrected chi connectivity index (χ3v) is 8.67. The third-order valence-electron chi connectivity index (χ3n) is 6.87. The normalized spacial score (nSPS) is 19.9. The molecule has 3 atom stereocenters. The second-order valence-electron chi connectivity index (χ2n) is 10.0. The molecule has 13 heteroatoms. The fourth-order valence-electron chi connectivity index (χ4n) is 4.41. The van der Waals surface area contributed by atoms with Gasteiger partial charge in [0.15, 0.2) is 0 Å². The Morgan fingerprint density at radius 3 is 2.70 bits per heavy atom. The van der Waals surface area contributed by atoms with Crippen molar-refractivity contribution in [1.29, 1.82) is 0 Å². The number of likely N-dealkylation sites (N-methyl/N-ethyl adjacent to an activating group) is 1. The van der Waals surface area contributed by atoms with Crippen molar-refractivity contribution >= 4 is 15.9 Å². The minimum Gasteiger partial charge on any atom is -0.439 e. The van der Waals surface area contributed by atoms with Crippen LogP contribution in [-0.4, -0.2) is 87.5 Å². The number of nitrogens with zero attached hydrogens (tertiary/aromatic N) is 6. The summed E-state index contributed by atoms with van der Waals surface area (Å²) in [6.45, 7) is 4.51. The molecule has 0 spiro atoms. The van der Waals surface area contributed by atoms with Gasteiger partial charge in [0.1, 0.15) is 16.3 Å². The Kier molecular flexibility index (Phi) is 9.85. The van der Waals surface area contributed by atoms with Crippen molar-refractivity contribution in [2.24, 2.45) is 5.92 Å². The van der Waals surface area contributed by atoms with Crippen LogP contribution in [0.5, 0.6) is 11.6 Å². The molecule has 1 aliphatic rings. The highest BCUT2D eigenvalue weighted by molar-refractivity contribution is 7.89. The van der Waals surface area contributed by atoms with Gasteiger partial charge in [-0.25, -0.2) is 13.4 Å². The maximum Gasteiger partial charge on any atom is 0.244 e. The zero-order valence-corrected chi connectivity index (χ0v) is 23.8. The Hall–Kier alpha value is -3.39. The number of sulfonamides is 1. The Balaban J connectivity index is 1.51. The number of carbonyl (C=O) groups excluding carboxylic acids is 1. The van der Waals surface area contributed by atoms with Gasteiger partial charge in [0.2, 0.25) is 21.8 Å². The van der Waals surface area contributed by atoms with E-state index in [1.165, 1.54) is 29.7 Å². The second-order valence-corrected chi connectivity index (χ2v) is 12.1. The van der Waals surface area contributed by atoms with Gasteiger partial charge in [-0.2, -0.15) is 4.31 Å². The predicted molar refractivity (Wildman–Crippen MR) is 146 cm³/mol. The van der Waals surface area contributed by atoms with Crippen molar-refractivity contribution in [3.8, 4) is 11.6 Å². The lowest BCUT2D eigenvalue weighted by atomic mass is 10.0. The zero-order chi connectivity index (χ0) is 28.7. The number of aromatic nitrogens is 4. The summed E-state index contributed by atoms with van der Waals surface area (Å²) in [6, 6.07) is 11.7. The van der Waals surface area contributed by atoms with E-state index in [1.54, 1.807) is 34.8 Å². The highest BCUT2D eigenvalue weighted by atomic mass is 32.2. The Bertz CT molecular complexity index is 1350. The summed E-state index contributed by atoms with van der Waals surface area (Å²) in [5.41, 5.74) is 0.618. The summed E-state index contributed by atoms with van der Waals surface area (Å²) in [5.74, 6) is 0.522. The molecule has 1 aromatic carbocycles. The lowest BCUT2D eigenvalue weighted by Crippen LogP contribution is -2.47. The molecule has 3 aromatic rings. The first-order chi connectivity index (χ1) is 19.2. The van der Waals surface area contributed by atoms with E-state index in [4.69, 9.17) is 9.47 Å². The monoisotopic (exact) mass is 572 g/mol. The van der Waals surface area contributed by atoms with E-state index in [9.17, 15) is 18.3 Å². The molecule has 0 radical (unpaired) electrons. The lowest BCUT2D eigenvalue weighted by molar-refractivity contribution is -0.136. The van der Waals surface area contributed by atoms with Crippen LogP contribution >= 0.6 is 0 Å². The minimum atomic E-state index is -3.91. The van der Waals surface area contributed by atoms with Gasteiger partial charge in [-0.15, -0.1) is 5.10 Å². The van der Waals surface area contributed by atoms with E-state index in [1.807, 2.05) is 25.1 Å². The summed E-state index contributed by atoms with van der Waals surface area (Å²) < 4.78 is 41.6. The molecule has 1 aliphatic heterocycles. The molecular weight excluding hydrogens is 536 g/mol. The van der Waals surface area contributed by atoms with Crippen LogP contribution in [0.4, 0.5) is 0 Å². The van der Waals surface area contributed by atoms with Gasteiger partial charge in [-0.3, -0.25) is 9.48 Å². The molecule has 2 bridgehead atoms. The van der Waals surface area contributed by atoms with Gasteiger partial charge in [-0.05, 0) is 31.5 Å². The van der Waals surface area contributed by atoms with E-state index >= 15 is 0 Å². The smallest absolute Gasteiger partial charge is 0.244 e. The zero-order valence-electron chi connectivity index (χ0n) is 23.0. The molecule has 0 fully saturated rings. The summed E-state index contributed by atoms with van der Waals surface area (Å²) in [7, 11) is -2.43. The number of hydrogen-bond donors (Lipinski definition) is 1.